The van der Waals surface area contributed by atoms with Crippen molar-refractivity contribution in [2.24, 2.45) is 0 Å². The van der Waals surface area contributed by atoms with E-state index in [0.717, 1.165) is 18.9 Å². The average Bonchev–Trinajstić information content (AvgIpc) is 1.95. The summed E-state index contributed by atoms with van der Waals surface area (Å²) in [5.41, 5.74) is 0.950. The molecule has 0 saturated carbocycles. The second-order valence-electron chi connectivity index (χ2n) is 3.04. The van der Waals surface area contributed by atoms with Gasteiger partial charge in [0.2, 0.25) is 0 Å². The van der Waals surface area contributed by atoms with Crippen molar-refractivity contribution in [1.29, 1.82) is 0 Å². The van der Waals surface area contributed by atoms with E-state index in [4.69, 9.17) is 27.9 Å². The Balaban J connectivity index is 2.10. The van der Waals surface area contributed by atoms with Gasteiger partial charge in [-0.25, -0.2) is 0 Å². The molecule has 1 aliphatic heterocycles. The fourth-order valence-electron chi connectivity index (χ4n) is 1.19. The zero-order valence-corrected chi connectivity index (χ0v) is 8.40. The number of nitrogens with one attached hydrogen (secondary N) is 1. The molecule has 0 unspecified atom stereocenters. The highest BCUT2D eigenvalue weighted by Crippen LogP contribution is 2.23. The van der Waals surface area contributed by atoms with Crippen molar-refractivity contribution in [2.75, 3.05) is 18.5 Å². The minimum absolute atomic E-state index is 0.398. The maximum absolute atomic E-state index is 5.84. The average molecular weight is 218 g/mol. The third-order valence-corrected chi connectivity index (χ3v) is 2.31. The van der Waals surface area contributed by atoms with Crippen LogP contribution in [0.5, 0.6) is 0 Å². The molecule has 1 aromatic carbocycles. The van der Waals surface area contributed by atoms with Crippen LogP contribution in [0.4, 0.5) is 5.69 Å². The minimum Gasteiger partial charge on any atom is -0.378 e. The summed E-state index contributed by atoms with van der Waals surface area (Å²) in [5, 5.41) is 4.56. The number of anilines is 1. The van der Waals surface area contributed by atoms with Crippen LogP contribution < -0.4 is 5.32 Å². The first-order valence-corrected chi connectivity index (χ1v) is 4.80. The summed E-state index contributed by atoms with van der Waals surface area (Å²) in [6, 6.07) is 5.82. The fraction of sp³-hybridized carbons (Fsp3) is 0.333. The van der Waals surface area contributed by atoms with E-state index in [1.54, 1.807) is 6.07 Å². The molecule has 1 N–H and O–H groups in total. The van der Waals surface area contributed by atoms with Gasteiger partial charge in [-0.2, -0.15) is 0 Å². The Bertz CT molecular complexity index is 292. The first kappa shape index (κ1) is 9.13. The van der Waals surface area contributed by atoms with Crippen LogP contribution in [0, 0.1) is 0 Å². The Hall–Kier alpha value is -0.440. The molecule has 2 rings (SSSR count). The van der Waals surface area contributed by atoms with Crippen LogP contribution in [-0.4, -0.2) is 19.3 Å². The third-order valence-electron chi connectivity index (χ3n) is 1.87. The summed E-state index contributed by atoms with van der Waals surface area (Å²) >= 11 is 11.7. The summed E-state index contributed by atoms with van der Waals surface area (Å²) in [6.45, 7) is 1.51. The van der Waals surface area contributed by atoms with E-state index in [9.17, 15) is 0 Å². The van der Waals surface area contributed by atoms with Gasteiger partial charge in [0.1, 0.15) is 0 Å². The maximum atomic E-state index is 5.84. The van der Waals surface area contributed by atoms with E-state index in [1.807, 2.05) is 12.1 Å². The minimum atomic E-state index is 0.398. The smallest absolute Gasteiger partial charge is 0.0728 e. The van der Waals surface area contributed by atoms with Gasteiger partial charge in [-0.15, -0.1) is 0 Å². The summed E-state index contributed by atoms with van der Waals surface area (Å²) in [4.78, 5) is 0. The summed E-state index contributed by atoms with van der Waals surface area (Å²) in [7, 11) is 0. The number of ether oxygens (including phenoxy) is 1. The van der Waals surface area contributed by atoms with Crippen LogP contribution in [0.15, 0.2) is 18.2 Å². The van der Waals surface area contributed by atoms with Crippen molar-refractivity contribution >= 4 is 28.9 Å². The predicted octanol–water partition coefficient (Wildman–Crippen LogP) is 2.80. The molecular weight excluding hydrogens is 209 g/mol. The third kappa shape index (κ3) is 2.27. The molecule has 0 atom stereocenters. The second kappa shape index (κ2) is 3.74. The maximum Gasteiger partial charge on any atom is 0.0728 e. The second-order valence-corrected chi connectivity index (χ2v) is 3.91. The topological polar surface area (TPSA) is 21.3 Å². The molecule has 0 amide bonds. The van der Waals surface area contributed by atoms with Crippen molar-refractivity contribution in [1.82, 2.24) is 0 Å². The molecule has 1 fully saturated rings. The van der Waals surface area contributed by atoms with Crippen LogP contribution in [0.25, 0.3) is 0 Å². The number of rotatable bonds is 2. The molecule has 0 spiro atoms. The number of benzene rings is 1. The van der Waals surface area contributed by atoms with E-state index in [2.05, 4.69) is 5.32 Å². The van der Waals surface area contributed by atoms with Crippen LogP contribution >= 0.6 is 23.2 Å². The Labute approximate surface area is 86.8 Å². The van der Waals surface area contributed by atoms with Crippen LogP contribution in [0.2, 0.25) is 10.0 Å². The lowest BCUT2D eigenvalue weighted by Crippen LogP contribution is -2.40. The van der Waals surface area contributed by atoms with Crippen molar-refractivity contribution in [3.05, 3.63) is 28.2 Å². The summed E-state index contributed by atoms with van der Waals surface area (Å²) in [5.74, 6) is 0. The van der Waals surface area contributed by atoms with E-state index in [0.29, 0.717) is 16.1 Å². The van der Waals surface area contributed by atoms with Gasteiger partial charge in [0.15, 0.2) is 0 Å². The van der Waals surface area contributed by atoms with Gasteiger partial charge in [0, 0.05) is 15.7 Å². The first-order valence-electron chi connectivity index (χ1n) is 4.04. The Kier molecular flexibility index (Phi) is 2.63. The molecule has 0 bridgehead atoms. The molecule has 70 valence electrons. The predicted molar refractivity (Wildman–Crippen MR) is 54.7 cm³/mol. The zero-order valence-electron chi connectivity index (χ0n) is 6.89. The van der Waals surface area contributed by atoms with Gasteiger partial charge in [-0.3, -0.25) is 0 Å². The quantitative estimate of drug-likeness (QED) is 0.823. The number of halogens is 2. The number of hydrogen-bond donors (Lipinski definition) is 1. The van der Waals surface area contributed by atoms with Crippen molar-refractivity contribution in [3.8, 4) is 0 Å². The molecule has 0 radical (unpaired) electrons. The summed E-state index contributed by atoms with van der Waals surface area (Å²) in [6.07, 6.45) is 0. The van der Waals surface area contributed by atoms with Crippen molar-refractivity contribution in [3.63, 3.8) is 0 Å². The highest BCUT2D eigenvalue weighted by Gasteiger charge is 2.17. The van der Waals surface area contributed by atoms with Crippen LogP contribution in [0.1, 0.15) is 0 Å². The largest absolute Gasteiger partial charge is 0.378 e. The van der Waals surface area contributed by atoms with Crippen LogP contribution in [-0.2, 0) is 4.74 Å². The first-order chi connectivity index (χ1) is 6.24. The van der Waals surface area contributed by atoms with E-state index < -0.39 is 0 Å². The lowest BCUT2D eigenvalue weighted by molar-refractivity contribution is 0.0211. The zero-order chi connectivity index (χ0) is 9.26. The SMILES string of the molecule is Clc1cc(Cl)cc(NC2COC2)c1. The molecule has 1 heterocycles. The Morgan fingerprint density at radius 1 is 1.15 bits per heavy atom. The van der Waals surface area contributed by atoms with Gasteiger partial charge in [-0.1, -0.05) is 23.2 Å². The molecular formula is C9H9Cl2NO. The van der Waals surface area contributed by atoms with Gasteiger partial charge < -0.3 is 10.1 Å². The highest BCUT2D eigenvalue weighted by molar-refractivity contribution is 6.35. The monoisotopic (exact) mass is 217 g/mol. The van der Waals surface area contributed by atoms with Crippen molar-refractivity contribution in [2.45, 2.75) is 6.04 Å². The van der Waals surface area contributed by atoms with Gasteiger partial charge in [0.25, 0.3) is 0 Å². The fourth-order valence-corrected chi connectivity index (χ4v) is 1.72. The molecule has 0 aromatic heterocycles. The van der Waals surface area contributed by atoms with Crippen LogP contribution in [0.3, 0.4) is 0 Å². The molecule has 1 aromatic rings. The van der Waals surface area contributed by atoms with Gasteiger partial charge >= 0.3 is 0 Å². The Morgan fingerprint density at radius 2 is 1.77 bits per heavy atom. The van der Waals surface area contributed by atoms with E-state index in [1.165, 1.54) is 0 Å². The van der Waals surface area contributed by atoms with E-state index in [-0.39, 0.29) is 0 Å². The van der Waals surface area contributed by atoms with Crippen molar-refractivity contribution < 1.29 is 4.74 Å². The molecule has 4 heteroatoms. The Morgan fingerprint density at radius 3 is 2.23 bits per heavy atom. The molecule has 1 aliphatic rings. The van der Waals surface area contributed by atoms with Gasteiger partial charge in [0.05, 0.1) is 19.3 Å². The number of hydrogen-bond acceptors (Lipinski definition) is 2. The van der Waals surface area contributed by atoms with E-state index >= 15 is 0 Å². The lowest BCUT2D eigenvalue weighted by Gasteiger charge is -2.27. The molecule has 0 aliphatic carbocycles. The molecule has 2 nitrogen and oxygen atoms in total. The van der Waals surface area contributed by atoms with Gasteiger partial charge in [-0.05, 0) is 18.2 Å². The normalized spacial score (nSPS) is 16.8. The highest BCUT2D eigenvalue weighted by atomic mass is 35.5. The summed E-state index contributed by atoms with van der Waals surface area (Å²) < 4.78 is 5.04. The lowest BCUT2D eigenvalue weighted by atomic mass is 10.2. The standard InChI is InChI=1S/C9H9Cl2NO/c10-6-1-7(11)3-8(2-6)12-9-4-13-5-9/h1-3,9,12H,4-5H2. The molecule has 1 saturated heterocycles. The molecule has 13 heavy (non-hydrogen) atoms.